The van der Waals surface area contributed by atoms with Gasteiger partial charge in [0, 0.05) is 51.1 Å². The lowest BCUT2D eigenvalue weighted by molar-refractivity contribution is 1.26. The highest BCUT2D eigenvalue weighted by Gasteiger charge is 2.49. The maximum absolute atomic E-state index is 3.91. The van der Waals surface area contributed by atoms with E-state index in [0.29, 0.717) is 0 Å². The summed E-state index contributed by atoms with van der Waals surface area (Å²) in [6.45, 7) is 2.36. The van der Waals surface area contributed by atoms with Crippen molar-refractivity contribution in [3.05, 3.63) is 163 Å². The van der Waals surface area contributed by atoms with Gasteiger partial charge in [-0.05, 0) is 100 Å². The lowest BCUT2D eigenvalue weighted by atomic mass is 9.35. The van der Waals surface area contributed by atoms with E-state index in [9.17, 15) is 0 Å². The van der Waals surface area contributed by atoms with Crippen LogP contribution in [-0.2, 0) is 0 Å². The van der Waals surface area contributed by atoms with Crippen LogP contribution in [0.1, 0.15) is 5.56 Å². The van der Waals surface area contributed by atoms with Gasteiger partial charge in [-0.1, -0.05) is 103 Å². The second kappa shape index (κ2) is 10.0. The van der Waals surface area contributed by atoms with E-state index in [4.69, 9.17) is 0 Å². The highest BCUT2D eigenvalue weighted by atomic mass is 15.2. The average molecular weight is 600 g/mol. The maximum Gasteiger partial charge on any atom is 0.253 e. The molecule has 4 heteroatoms. The summed E-state index contributed by atoms with van der Waals surface area (Å²) in [7, 11) is 0. The smallest absolute Gasteiger partial charge is 0.253 e. The molecule has 0 aliphatic carbocycles. The number of hydrogen-bond acceptors (Lipinski definition) is 3. The van der Waals surface area contributed by atoms with E-state index in [1.807, 2.05) is 0 Å². The fourth-order valence-corrected chi connectivity index (χ4v) is 8.19. The Balaban J connectivity index is 1.27. The summed E-state index contributed by atoms with van der Waals surface area (Å²) in [6, 6.07) is 57.3. The van der Waals surface area contributed by atoms with Crippen molar-refractivity contribution in [1.82, 2.24) is 0 Å². The van der Waals surface area contributed by atoms with E-state index in [0.717, 1.165) is 22.7 Å². The minimum Gasteiger partial charge on any atom is -0.355 e. The molecule has 3 aliphatic heterocycles. The zero-order chi connectivity index (χ0) is 31.1. The molecule has 0 spiro atoms. The van der Waals surface area contributed by atoms with Gasteiger partial charge in [0.05, 0.1) is 0 Å². The van der Waals surface area contributed by atoms with Crippen molar-refractivity contribution in [1.29, 1.82) is 0 Å². The fraction of sp³-hybridized carbons (Fsp3) is 0.0233. The number of nitrogens with zero attached hydrogens (tertiary/aromatic N) is 2. The maximum atomic E-state index is 3.91. The molecule has 0 fully saturated rings. The van der Waals surface area contributed by atoms with Crippen molar-refractivity contribution in [3.63, 3.8) is 0 Å². The summed E-state index contributed by atoms with van der Waals surface area (Å²) in [5, 5.41) is 3.91. The van der Waals surface area contributed by atoms with Crippen LogP contribution < -0.4 is 31.5 Å². The van der Waals surface area contributed by atoms with E-state index < -0.39 is 0 Å². The number of anilines is 8. The van der Waals surface area contributed by atoms with Crippen molar-refractivity contribution in [3.8, 4) is 22.3 Å². The normalized spacial score (nSPS) is 13.1. The van der Waals surface area contributed by atoms with Crippen molar-refractivity contribution >= 4 is 68.6 Å². The summed E-state index contributed by atoms with van der Waals surface area (Å²) in [5.41, 5.74) is 19.9. The zero-order valence-corrected chi connectivity index (χ0v) is 26.0. The molecule has 0 unspecified atom stereocenters. The van der Waals surface area contributed by atoms with Crippen molar-refractivity contribution in [2.24, 2.45) is 0 Å². The Morgan fingerprint density at radius 1 is 0.426 bits per heavy atom. The standard InChI is InChI=1S/C43H30BN3/c1-28-14-8-9-19-32(28)33-20-10-11-23-36(33)45-29-26-39-43-40(27-29)47(31-17-6-3-7-18-31)38-25-13-22-35-34-21-12-24-37(41(34)44(43)42(35)38)46(39)30-15-4-2-5-16-30/h2-27,45H,1H3. The summed E-state index contributed by atoms with van der Waals surface area (Å²) in [4.78, 5) is 4.96. The van der Waals surface area contributed by atoms with Gasteiger partial charge >= 0.3 is 0 Å². The molecule has 7 aromatic carbocycles. The Kier molecular flexibility index (Phi) is 5.59. The molecule has 0 saturated heterocycles. The van der Waals surface area contributed by atoms with E-state index >= 15 is 0 Å². The van der Waals surface area contributed by atoms with Crippen molar-refractivity contribution in [2.75, 3.05) is 15.1 Å². The molecule has 0 atom stereocenters. The van der Waals surface area contributed by atoms with Crippen LogP contribution in [0, 0.1) is 6.92 Å². The molecule has 220 valence electrons. The second-order valence-corrected chi connectivity index (χ2v) is 12.7. The largest absolute Gasteiger partial charge is 0.355 e. The van der Waals surface area contributed by atoms with Gasteiger partial charge in [-0.15, -0.1) is 0 Å². The van der Waals surface area contributed by atoms with Crippen LogP contribution in [-0.4, -0.2) is 6.71 Å². The molecule has 0 aromatic heterocycles. The number of hydrogen-bond donors (Lipinski definition) is 1. The topological polar surface area (TPSA) is 18.5 Å². The highest BCUT2D eigenvalue weighted by Crippen LogP contribution is 2.49. The van der Waals surface area contributed by atoms with Gasteiger partial charge in [-0.2, -0.15) is 0 Å². The first-order chi connectivity index (χ1) is 23.3. The van der Waals surface area contributed by atoms with Crippen molar-refractivity contribution in [2.45, 2.75) is 6.92 Å². The number of rotatable bonds is 5. The van der Waals surface area contributed by atoms with Crippen LogP contribution in [0.2, 0.25) is 0 Å². The Bertz CT molecular complexity index is 2250. The number of aryl methyl sites for hydroxylation is 1. The monoisotopic (exact) mass is 599 g/mol. The van der Waals surface area contributed by atoms with E-state index in [2.05, 4.69) is 180 Å². The summed E-state index contributed by atoms with van der Waals surface area (Å²) in [5.74, 6) is 0. The van der Waals surface area contributed by atoms with Crippen LogP contribution in [0.3, 0.4) is 0 Å². The minimum absolute atomic E-state index is 0.172. The van der Waals surface area contributed by atoms with Crippen LogP contribution in [0.5, 0.6) is 0 Å². The second-order valence-electron chi connectivity index (χ2n) is 12.7. The molecule has 3 heterocycles. The predicted molar refractivity (Wildman–Crippen MR) is 199 cm³/mol. The third-order valence-electron chi connectivity index (χ3n) is 10.1. The SMILES string of the molecule is Cc1ccccc1-c1ccccc1Nc1cc2c3c(c1)N(c1ccccc1)c1cccc4c1B3c1c-4cccc1N2c1ccccc1. The minimum atomic E-state index is 0.172. The van der Waals surface area contributed by atoms with Crippen LogP contribution >= 0.6 is 0 Å². The van der Waals surface area contributed by atoms with Crippen LogP contribution in [0.15, 0.2) is 158 Å². The third kappa shape index (κ3) is 3.76. The Morgan fingerprint density at radius 2 is 0.915 bits per heavy atom. The molecule has 47 heavy (non-hydrogen) atoms. The predicted octanol–water partition coefficient (Wildman–Crippen LogP) is 9.47. The Hall–Kier alpha value is -6.00. The molecule has 0 bridgehead atoms. The van der Waals surface area contributed by atoms with E-state index in [-0.39, 0.29) is 6.71 Å². The summed E-state index contributed by atoms with van der Waals surface area (Å²) < 4.78 is 0. The van der Waals surface area contributed by atoms with E-state index in [1.54, 1.807) is 0 Å². The first-order valence-corrected chi connectivity index (χ1v) is 16.3. The molecule has 3 nitrogen and oxygen atoms in total. The molecule has 1 N–H and O–H groups in total. The number of benzene rings is 7. The van der Waals surface area contributed by atoms with Gasteiger partial charge < -0.3 is 15.1 Å². The molecule has 0 saturated carbocycles. The van der Waals surface area contributed by atoms with Gasteiger partial charge in [0.25, 0.3) is 6.71 Å². The van der Waals surface area contributed by atoms with Gasteiger partial charge in [0.1, 0.15) is 0 Å². The van der Waals surface area contributed by atoms with Gasteiger partial charge in [-0.25, -0.2) is 0 Å². The molecule has 0 amide bonds. The first-order valence-electron chi connectivity index (χ1n) is 16.3. The van der Waals surface area contributed by atoms with Gasteiger partial charge in [0.15, 0.2) is 0 Å². The lowest BCUT2D eigenvalue weighted by Crippen LogP contribution is -2.59. The average Bonchev–Trinajstić information content (AvgIpc) is 3.46. The Morgan fingerprint density at radius 3 is 1.49 bits per heavy atom. The zero-order valence-electron chi connectivity index (χ0n) is 26.0. The molecular formula is C43H30BN3. The molecule has 0 radical (unpaired) electrons. The summed E-state index contributed by atoms with van der Waals surface area (Å²) in [6.07, 6.45) is 0. The third-order valence-corrected chi connectivity index (χ3v) is 10.1. The quantitative estimate of drug-likeness (QED) is 0.199. The number of para-hydroxylation sites is 3. The van der Waals surface area contributed by atoms with Crippen LogP contribution in [0.4, 0.5) is 45.5 Å². The molecule has 10 rings (SSSR count). The van der Waals surface area contributed by atoms with Gasteiger partial charge in [0.2, 0.25) is 0 Å². The first kappa shape index (κ1) is 26.2. The Labute approximate surface area is 275 Å². The fourth-order valence-electron chi connectivity index (χ4n) is 8.19. The molecule has 3 aliphatic rings. The van der Waals surface area contributed by atoms with Crippen LogP contribution in [0.25, 0.3) is 22.3 Å². The van der Waals surface area contributed by atoms with E-state index in [1.165, 1.54) is 67.0 Å². The number of fused-ring (bicyclic) bond motifs is 1. The molecular weight excluding hydrogens is 569 g/mol. The lowest BCUT2D eigenvalue weighted by Gasteiger charge is -2.43. The van der Waals surface area contributed by atoms with Gasteiger partial charge in [-0.3, -0.25) is 0 Å². The summed E-state index contributed by atoms with van der Waals surface area (Å²) >= 11 is 0. The van der Waals surface area contributed by atoms with Crippen molar-refractivity contribution < 1.29 is 0 Å². The number of nitrogens with one attached hydrogen (secondary N) is 1. The molecule has 7 aromatic rings. The highest BCUT2D eigenvalue weighted by molar-refractivity contribution is 7.03.